The van der Waals surface area contributed by atoms with Crippen LogP contribution in [0.3, 0.4) is 0 Å². The van der Waals surface area contributed by atoms with E-state index in [0.717, 1.165) is 30.4 Å². The molecular formula is C14H19NO2. The highest BCUT2D eigenvalue weighted by Gasteiger charge is 2.18. The van der Waals surface area contributed by atoms with Crippen LogP contribution in [0.5, 0.6) is 5.75 Å². The molecule has 1 aliphatic rings. The number of nitrogens with zero attached hydrogens (tertiary/aromatic N) is 1. The van der Waals surface area contributed by atoms with Gasteiger partial charge in [-0.25, -0.2) is 0 Å². The first-order chi connectivity index (χ1) is 8.33. The van der Waals surface area contributed by atoms with Gasteiger partial charge in [0, 0.05) is 11.8 Å². The highest BCUT2D eigenvalue weighted by Crippen LogP contribution is 2.33. The van der Waals surface area contributed by atoms with Crippen molar-refractivity contribution in [2.45, 2.75) is 38.2 Å². The van der Waals surface area contributed by atoms with Gasteiger partial charge in [-0.05, 0) is 37.3 Å². The van der Waals surface area contributed by atoms with Gasteiger partial charge in [-0.1, -0.05) is 12.5 Å². The zero-order valence-electron chi connectivity index (χ0n) is 10.2. The molecule has 1 aromatic rings. The van der Waals surface area contributed by atoms with E-state index in [9.17, 15) is 5.11 Å². The van der Waals surface area contributed by atoms with Gasteiger partial charge < -0.3 is 9.84 Å². The summed E-state index contributed by atoms with van der Waals surface area (Å²) in [7, 11) is 1.61. The predicted molar refractivity (Wildman–Crippen MR) is 66.9 cm³/mol. The highest BCUT2D eigenvalue weighted by molar-refractivity contribution is 5.36. The van der Waals surface area contributed by atoms with Crippen LogP contribution >= 0.6 is 0 Å². The smallest absolute Gasteiger partial charge is 0.143 e. The predicted octanol–water partition coefficient (Wildman–Crippen LogP) is 3.01. The number of hydrogen-bond acceptors (Lipinski definition) is 3. The van der Waals surface area contributed by atoms with E-state index >= 15 is 0 Å². The van der Waals surface area contributed by atoms with Gasteiger partial charge >= 0.3 is 0 Å². The monoisotopic (exact) mass is 233 g/mol. The molecule has 0 amide bonds. The summed E-state index contributed by atoms with van der Waals surface area (Å²) in [6, 6.07) is 1.83. The molecule has 1 N–H and O–H groups in total. The summed E-state index contributed by atoms with van der Waals surface area (Å²) < 4.78 is 5.24. The fourth-order valence-corrected chi connectivity index (χ4v) is 2.28. The number of rotatable bonds is 3. The third-order valence-corrected chi connectivity index (χ3v) is 3.26. The van der Waals surface area contributed by atoms with Crippen molar-refractivity contribution >= 4 is 0 Å². The molecule has 0 fully saturated rings. The second-order valence-corrected chi connectivity index (χ2v) is 4.40. The quantitative estimate of drug-likeness (QED) is 0.816. The minimum atomic E-state index is -0.550. The molecule has 0 radical (unpaired) electrons. The van der Waals surface area contributed by atoms with E-state index in [1.165, 1.54) is 12.8 Å². The normalized spacial score (nSPS) is 18.1. The Morgan fingerprint density at radius 1 is 1.35 bits per heavy atom. The standard InChI is InChI=1S/C14H19NO2/c1-17-13-10-15-9-8-12(13)14(16)11-6-4-2-3-5-7-11/h6,8-10,14,16H,2-5,7H2,1H3. The van der Waals surface area contributed by atoms with Gasteiger partial charge in [0.2, 0.25) is 0 Å². The molecule has 0 saturated heterocycles. The van der Waals surface area contributed by atoms with Crippen LogP contribution in [0, 0.1) is 0 Å². The Bertz CT molecular complexity index is 401. The molecule has 0 aromatic carbocycles. The Hall–Kier alpha value is -1.35. The first kappa shape index (κ1) is 12.1. The van der Waals surface area contributed by atoms with Gasteiger partial charge in [0.15, 0.2) is 0 Å². The lowest BCUT2D eigenvalue weighted by Crippen LogP contribution is -2.04. The molecule has 1 unspecified atom stereocenters. The van der Waals surface area contributed by atoms with Crippen molar-refractivity contribution < 1.29 is 9.84 Å². The fourth-order valence-electron chi connectivity index (χ4n) is 2.28. The molecule has 3 heteroatoms. The lowest BCUT2D eigenvalue weighted by atomic mass is 9.98. The van der Waals surface area contributed by atoms with Crippen molar-refractivity contribution in [1.82, 2.24) is 4.98 Å². The van der Waals surface area contributed by atoms with Crippen molar-refractivity contribution in [2.24, 2.45) is 0 Å². The number of allylic oxidation sites excluding steroid dienone is 1. The molecule has 1 atom stereocenters. The van der Waals surface area contributed by atoms with Crippen molar-refractivity contribution in [3.63, 3.8) is 0 Å². The Balaban J connectivity index is 2.23. The number of hydrogen-bond donors (Lipinski definition) is 1. The van der Waals surface area contributed by atoms with Crippen molar-refractivity contribution in [3.05, 3.63) is 35.7 Å². The summed E-state index contributed by atoms with van der Waals surface area (Å²) in [5.74, 6) is 0.658. The first-order valence-corrected chi connectivity index (χ1v) is 6.18. The van der Waals surface area contributed by atoms with Gasteiger partial charge in [0.25, 0.3) is 0 Å². The average Bonchev–Trinajstić information content (AvgIpc) is 2.66. The molecule has 1 aromatic heterocycles. The topological polar surface area (TPSA) is 42.4 Å². The average molecular weight is 233 g/mol. The number of aromatic nitrogens is 1. The molecule has 2 rings (SSSR count). The number of methoxy groups -OCH3 is 1. The third-order valence-electron chi connectivity index (χ3n) is 3.26. The van der Waals surface area contributed by atoms with Gasteiger partial charge in [0.05, 0.1) is 13.3 Å². The minimum absolute atomic E-state index is 0.550. The van der Waals surface area contributed by atoms with E-state index in [1.54, 1.807) is 19.5 Å². The zero-order chi connectivity index (χ0) is 12.1. The third kappa shape index (κ3) is 2.86. The summed E-state index contributed by atoms with van der Waals surface area (Å²) in [4.78, 5) is 4.01. The van der Waals surface area contributed by atoms with Gasteiger partial charge in [-0.3, -0.25) is 4.98 Å². The molecule has 0 spiro atoms. The van der Waals surface area contributed by atoms with E-state index in [0.29, 0.717) is 5.75 Å². The van der Waals surface area contributed by atoms with Crippen LogP contribution in [-0.4, -0.2) is 17.2 Å². The zero-order valence-corrected chi connectivity index (χ0v) is 10.2. The van der Waals surface area contributed by atoms with E-state index in [-0.39, 0.29) is 0 Å². The highest BCUT2D eigenvalue weighted by atomic mass is 16.5. The lowest BCUT2D eigenvalue weighted by Gasteiger charge is -2.17. The van der Waals surface area contributed by atoms with E-state index in [1.807, 2.05) is 6.07 Å². The van der Waals surface area contributed by atoms with Crippen LogP contribution in [0.15, 0.2) is 30.1 Å². The molecule has 1 heterocycles. The van der Waals surface area contributed by atoms with Crippen molar-refractivity contribution in [1.29, 1.82) is 0 Å². The molecule has 1 aliphatic carbocycles. The van der Waals surface area contributed by atoms with Gasteiger partial charge in [-0.15, -0.1) is 0 Å². The summed E-state index contributed by atoms with van der Waals surface area (Å²) in [5, 5.41) is 10.4. The van der Waals surface area contributed by atoms with Gasteiger partial charge in [0.1, 0.15) is 11.9 Å². The van der Waals surface area contributed by atoms with Crippen LogP contribution < -0.4 is 4.74 Å². The Morgan fingerprint density at radius 2 is 2.24 bits per heavy atom. The number of aliphatic hydroxyl groups excluding tert-OH is 1. The number of aliphatic hydroxyl groups is 1. The summed E-state index contributed by atoms with van der Waals surface area (Å²) >= 11 is 0. The molecule has 92 valence electrons. The molecule has 0 aliphatic heterocycles. The van der Waals surface area contributed by atoms with Crippen LogP contribution in [-0.2, 0) is 0 Å². The first-order valence-electron chi connectivity index (χ1n) is 6.18. The SMILES string of the molecule is COc1cnccc1C(O)C1=CCCCCC1. The molecule has 0 bridgehead atoms. The number of ether oxygens (including phenoxy) is 1. The van der Waals surface area contributed by atoms with Crippen LogP contribution in [0.1, 0.15) is 43.8 Å². The molecule has 3 nitrogen and oxygen atoms in total. The van der Waals surface area contributed by atoms with Crippen LogP contribution in [0.4, 0.5) is 0 Å². The lowest BCUT2D eigenvalue weighted by molar-refractivity contribution is 0.205. The Morgan fingerprint density at radius 3 is 3.06 bits per heavy atom. The van der Waals surface area contributed by atoms with Gasteiger partial charge in [-0.2, -0.15) is 0 Å². The summed E-state index contributed by atoms with van der Waals surface area (Å²) in [6.45, 7) is 0. The Labute approximate surface area is 102 Å². The summed E-state index contributed by atoms with van der Waals surface area (Å²) in [5.41, 5.74) is 1.93. The fraction of sp³-hybridized carbons (Fsp3) is 0.500. The van der Waals surface area contributed by atoms with Crippen molar-refractivity contribution in [3.8, 4) is 5.75 Å². The van der Waals surface area contributed by atoms with E-state index in [4.69, 9.17) is 4.74 Å². The maximum atomic E-state index is 10.4. The second-order valence-electron chi connectivity index (χ2n) is 4.40. The second kappa shape index (κ2) is 5.82. The summed E-state index contributed by atoms with van der Waals surface area (Å²) in [6.07, 6.45) is 10.7. The largest absolute Gasteiger partial charge is 0.495 e. The maximum absolute atomic E-state index is 10.4. The van der Waals surface area contributed by atoms with Crippen LogP contribution in [0.25, 0.3) is 0 Å². The maximum Gasteiger partial charge on any atom is 0.143 e. The molecule has 17 heavy (non-hydrogen) atoms. The van der Waals surface area contributed by atoms with E-state index in [2.05, 4.69) is 11.1 Å². The minimum Gasteiger partial charge on any atom is -0.495 e. The van der Waals surface area contributed by atoms with E-state index < -0.39 is 6.10 Å². The number of pyridine rings is 1. The Kier molecular flexibility index (Phi) is 4.15. The molecular weight excluding hydrogens is 214 g/mol. The molecule has 0 saturated carbocycles. The van der Waals surface area contributed by atoms with Crippen molar-refractivity contribution in [2.75, 3.05) is 7.11 Å². The van der Waals surface area contributed by atoms with Crippen LogP contribution in [0.2, 0.25) is 0 Å².